The van der Waals surface area contributed by atoms with Crippen LogP contribution in [0.4, 0.5) is 4.39 Å². The molecule has 2 aromatic rings. The van der Waals surface area contributed by atoms with E-state index in [1.165, 1.54) is 18.3 Å². The first-order chi connectivity index (χ1) is 15.1. The monoisotopic (exact) mass is 444 g/mol. The number of benzene rings is 1. The van der Waals surface area contributed by atoms with Gasteiger partial charge in [0.05, 0.1) is 18.8 Å². The van der Waals surface area contributed by atoms with Crippen LogP contribution in [0.25, 0.3) is 0 Å². The number of aromatic nitrogens is 1. The molecule has 1 aliphatic rings. The van der Waals surface area contributed by atoms with Gasteiger partial charge in [-0.15, -0.1) is 0 Å². The Hall–Kier alpha value is -2.84. The number of Topliss-reactive ketones (excluding diaryl/α,β-unsaturated/α-hetero) is 1. The quantitative estimate of drug-likeness (QED) is 0.496. The average molecular weight is 445 g/mol. The summed E-state index contributed by atoms with van der Waals surface area (Å²) < 4.78 is 14.6. The minimum atomic E-state index is -0.823. The van der Waals surface area contributed by atoms with E-state index in [4.69, 9.17) is 0 Å². The summed E-state index contributed by atoms with van der Waals surface area (Å²) in [6.07, 6.45) is 2.81. The van der Waals surface area contributed by atoms with Crippen LogP contribution >= 0.6 is 0 Å². The first-order valence-corrected chi connectivity index (χ1v) is 10.7. The molecular weight excluding hydrogens is 415 g/mol. The molecule has 0 radical (unpaired) electrons. The fraction of sp³-hybridized carbons (Fsp3) is 0.458. The third-order valence-electron chi connectivity index (χ3n) is 5.93. The zero-order chi connectivity index (χ0) is 23.5. The predicted octanol–water partition coefficient (Wildman–Crippen LogP) is 2.19. The second-order valence-electron chi connectivity index (χ2n) is 9.02. The first kappa shape index (κ1) is 23.8. The Morgan fingerprint density at radius 2 is 1.97 bits per heavy atom. The van der Waals surface area contributed by atoms with Gasteiger partial charge in [0.2, 0.25) is 0 Å². The molecule has 2 atom stereocenters. The largest absolute Gasteiger partial charge is 0.508 e. The van der Waals surface area contributed by atoms with Crippen molar-refractivity contribution in [2.24, 2.45) is 0 Å². The number of pyridine rings is 1. The summed E-state index contributed by atoms with van der Waals surface area (Å²) in [6.45, 7) is 3.09. The van der Waals surface area contributed by atoms with E-state index in [2.05, 4.69) is 10.3 Å². The van der Waals surface area contributed by atoms with Crippen molar-refractivity contribution in [3.63, 3.8) is 0 Å². The number of ketones is 1. The smallest absolute Gasteiger partial charge is 0.270 e. The highest BCUT2D eigenvalue weighted by Crippen LogP contribution is 2.33. The molecule has 4 N–H and O–H groups in total. The van der Waals surface area contributed by atoms with E-state index in [1.54, 1.807) is 19.9 Å². The molecule has 0 saturated heterocycles. The topological polar surface area (TPSA) is 120 Å². The summed E-state index contributed by atoms with van der Waals surface area (Å²) in [5.74, 6) is -1.51. The molecule has 1 saturated carbocycles. The number of phenolic OH excluding ortho intramolecular Hbond substituents is 1. The van der Waals surface area contributed by atoms with Gasteiger partial charge >= 0.3 is 0 Å². The van der Waals surface area contributed by atoms with Crippen LogP contribution in [0.2, 0.25) is 0 Å². The lowest BCUT2D eigenvalue weighted by molar-refractivity contribution is -0.117. The third kappa shape index (κ3) is 5.49. The maximum Gasteiger partial charge on any atom is 0.270 e. The highest BCUT2D eigenvalue weighted by Gasteiger charge is 2.27. The average Bonchev–Trinajstić information content (AvgIpc) is 3.14. The normalized spacial score (nSPS) is 18.5. The Balaban J connectivity index is 1.67. The second kappa shape index (κ2) is 9.75. The lowest BCUT2D eigenvalue weighted by Gasteiger charge is -2.24. The van der Waals surface area contributed by atoms with Crippen LogP contribution in [0.1, 0.15) is 60.3 Å². The molecule has 172 valence electrons. The number of nitrogens with zero attached hydrogens (tertiary/aromatic N) is 1. The van der Waals surface area contributed by atoms with E-state index in [-0.39, 0.29) is 53.8 Å². The lowest BCUT2D eigenvalue weighted by atomic mass is 9.84. The van der Waals surface area contributed by atoms with Gasteiger partial charge in [0, 0.05) is 30.0 Å². The number of nitrogens with one attached hydrogen (secondary N) is 1. The van der Waals surface area contributed by atoms with Gasteiger partial charge in [-0.3, -0.25) is 14.6 Å². The maximum absolute atomic E-state index is 14.6. The van der Waals surface area contributed by atoms with E-state index < -0.39 is 23.2 Å². The van der Waals surface area contributed by atoms with Crippen LogP contribution < -0.4 is 5.32 Å². The van der Waals surface area contributed by atoms with Gasteiger partial charge in [-0.05, 0) is 54.7 Å². The standard InChI is InChI=1S/C24H29FN2O5/c1-24(2,13-28)17-12-18(25)15(11-22(17)31)10-16(29)8-14-6-7-26-20(9-14)23(32)27-19-4-3-5-21(19)30/h6-7,9,11-12,19,21,28,30-31H,3-5,8,10,13H2,1-2H3,(H,27,32)/t19-,21-/m0/s1. The summed E-state index contributed by atoms with van der Waals surface area (Å²) in [4.78, 5) is 29.0. The summed E-state index contributed by atoms with van der Waals surface area (Å²) in [6, 6.07) is 5.19. The number of rotatable bonds is 8. The van der Waals surface area contributed by atoms with Crippen LogP contribution in [0.3, 0.4) is 0 Å². The Labute approximate surface area is 186 Å². The van der Waals surface area contributed by atoms with Gasteiger partial charge in [0.15, 0.2) is 0 Å². The molecule has 3 rings (SSSR count). The van der Waals surface area contributed by atoms with Crippen molar-refractivity contribution in [1.82, 2.24) is 10.3 Å². The number of phenols is 1. The molecule has 0 spiro atoms. The SMILES string of the molecule is CC(C)(CO)c1cc(F)c(CC(=O)Cc2ccnc(C(=O)N[C@H]3CCC[C@@H]3O)c2)cc1O. The van der Waals surface area contributed by atoms with Crippen LogP contribution in [-0.2, 0) is 23.1 Å². The summed E-state index contributed by atoms with van der Waals surface area (Å²) in [7, 11) is 0. The van der Waals surface area contributed by atoms with E-state index in [9.17, 15) is 29.3 Å². The molecule has 0 aliphatic heterocycles. The molecule has 1 aromatic carbocycles. The molecule has 32 heavy (non-hydrogen) atoms. The number of carbonyl (C=O) groups is 2. The highest BCUT2D eigenvalue weighted by molar-refractivity contribution is 5.93. The summed E-state index contributed by atoms with van der Waals surface area (Å²) in [5, 5.41) is 32.4. The van der Waals surface area contributed by atoms with E-state index in [0.29, 0.717) is 18.4 Å². The number of halogens is 1. The van der Waals surface area contributed by atoms with Crippen molar-refractivity contribution in [3.05, 3.63) is 58.7 Å². The number of hydrogen-bond donors (Lipinski definition) is 4. The number of hydrogen-bond acceptors (Lipinski definition) is 6. The number of aliphatic hydroxyl groups excluding tert-OH is 2. The van der Waals surface area contributed by atoms with Crippen LogP contribution in [0.5, 0.6) is 5.75 Å². The number of aliphatic hydroxyl groups is 2. The molecule has 1 fully saturated rings. The van der Waals surface area contributed by atoms with Crippen molar-refractivity contribution in [2.45, 2.75) is 63.5 Å². The van der Waals surface area contributed by atoms with Crippen molar-refractivity contribution in [1.29, 1.82) is 0 Å². The molecule has 7 nitrogen and oxygen atoms in total. The van der Waals surface area contributed by atoms with Crippen LogP contribution in [0, 0.1) is 5.82 Å². The van der Waals surface area contributed by atoms with Gasteiger partial charge in [0.25, 0.3) is 5.91 Å². The molecule has 1 amide bonds. The van der Waals surface area contributed by atoms with Crippen molar-refractivity contribution >= 4 is 11.7 Å². The fourth-order valence-electron chi connectivity index (χ4n) is 3.93. The molecule has 0 bridgehead atoms. The second-order valence-corrected chi connectivity index (χ2v) is 9.02. The minimum absolute atomic E-state index is 0.0288. The number of carbonyl (C=O) groups excluding carboxylic acids is 2. The molecule has 1 aliphatic carbocycles. The van der Waals surface area contributed by atoms with Crippen molar-refractivity contribution in [3.8, 4) is 5.75 Å². The van der Waals surface area contributed by atoms with Gasteiger partial charge in [-0.25, -0.2) is 4.39 Å². The predicted molar refractivity (Wildman–Crippen MR) is 116 cm³/mol. The van der Waals surface area contributed by atoms with E-state index in [1.807, 2.05) is 0 Å². The Kier molecular flexibility index (Phi) is 7.26. The molecule has 1 aromatic heterocycles. The Bertz CT molecular complexity index is 1010. The van der Waals surface area contributed by atoms with Crippen LogP contribution in [-0.4, -0.2) is 50.7 Å². The minimum Gasteiger partial charge on any atom is -0.508 e. The molecule has 0 unspecified atom stereocenters. The van der Waals surface area contributed by atoms with Crippen molar-refractivity contribution in [2.75, 3.05) is 6.61 Å². The number of aromatic hydroxyl groups is 1. The summed E-state index contributed by atoms with van der Waals surface area (Å²) >= 11 is 0. The third-order valence-corrected chi connectivity index (χ3v) is 5.93. The summed E-state index contributed by atoms with van der Waals surface area (Å²) in [5.41, 5.74) is 0.215. The van der Waals surface area contributed by atoms with E-state index in [0.717, 1.165) is 12.5 Å². The van der Waals surface area contributed by atoms with Gasteiger partial charge in [-0.2, -0.15) is 0 Å². The Morgan fingerprint density at radius 3 is 2.62 bits per heavy atom. The molecule has 1 heterocycles. The highest BCUT2D eigenvalue weighted by atomic mass is 19.1. The fourth-order valence-corrected chi connectivity index (χ4v) is 3.93. The lowest BCUT2D eigenvalue weighted by Crippen LogP contribution is -2.40. The molecular formula is C24H29FN2O5. The van der Waals surface area contributed by atoms with E-state index >= 15 is 0 Å². The maximum atomic E-state index is 14.6. The Morgan fingerprint density at radius 1 is 1.22 bits per heavy atom. The van der Waals surface area contributed by atoms with Crippen LogP contribution in [0.15, 0.2) is 30.5 Å². The first-order valence-electron chi connectivity index (χ1n) is 10.7. The zero-order valence-corrected chi connectivity index (χ0v) is 18.3. The van der Waals surface area contributed by atoms with Gasteiger partial charge in [0.1, 0.15) is 23.0 Å². The zero-order valence-electron chi connectivity index (χ0n) is 18.3. The van der Waals surface area contributed by atoms with Gasteiger partial charge in [-0.1, -0.05) is 13.8 Å². The number of amides is 1. The van der Waals surface area contributed by atoms with Gasteiger partial charge < -0.3 is 20.6 Å². The molecule has 8 heteroatoms. The van der Waals surface area contributed by atoms with Crippen molar-refractivity contribution < 1.29 is 29.3 Å².